The van der Waals surface area contributed by atoms with E-state index < -0.39 is 11.9 Å². The van der Waals surface area contributed by atoms with E-state index in [1.807, 2.05) is 0 Å². The van der Waals surface area contributed by atoms with E-state index in [0.717, 1.165) is 62.6 Å². The van der Waals surface area contributed by atoms with Crippen molar-refractivity contribution in [2.45, 2.75) is 63.5 Å². The summed E-state index contributed by atoms with van der Waals surface area (Å²) < 4.78 is 42.4. The van der Waals surface area contributed by atoms with Gasteiger partial charge in [0.05, 0.1) is 36.1 Å². The Hall–Kier alpha value is -2.84. The number of benzene rings is 1. The van der Waals surface area contributed by atoms with E-state index in [4.69, 9.17) is 11.6 Å². The van der Waals surface area contributed by atoms with Crippen molar-refractivity contribution in [2.24, 2.45) is 17.8 Å². The van der Waals surface area contributed by atoms with Crippen LogP contribution in [0.2, 0.25) is 5.02 Å². The van der Waals surface area contributed by atoms with Gasteiger partial charge < -0.3 is 10.6 Å². The van der Waals surface area contributed by atoms with E-state index in [9.17, 15) is 18.0 Å². The molecular weight excluding hydrogens is 583 g/mol. The van der Waals surface area contributed by atoms with E-state index >= 15 is 0 Å². The normalized spacial score (nSPS) is 29.1. The zero-order valence-corrected chi connectivity index (χ0v) is 24.9. The van der Waals surface area contributed by atoms with Gasteiger partial charge in [-0.05, 0) is 68.8 Å². The van der Waals surface area contributed by atoms with E-state index in [2.05, 4.69) is 50.3 Å². The Morgan fingerprint density at radius 1 is 1.09 bits per heavy atom. The predicted octanol–water partition coefficient (Wildman–Crippen LogP) is 3.87. The van der Waals surface area contributed by atoms with Gasteiger partial charge in [0.1, 0.15) is 0 Å². The minimum Gasteiger partial charge on any atom is -0.312 e. The Morgan fingerprint density at radius 3 is 2.70 bits per heavy atom. The van der Waals surface area contributed by atoms with Crippen molar-refractivity contribution in [1.29, 1.82) is 0 Å². The molecular formula is C29H37ClF3N9O. The molecule has 3 aromatic rings. The predicted molar refractivity (Wildman–Crippen MR) is 156 cm³/mol. The van der Waals surface area contributed by atoms with Crippen LogP contribution in [0.25, 0.3) is 16.9 Å². The summed E-state index contributed by atoms with van der Waals surface area (Å²) in [7, 11) is 2.10. The summed E-state index contributed by atoms with van der Waals surface area (Å²) in [6, 6.07) is 6.13. The number of halogens is 4. The second-order valence-corrected chi connectivity index (χ2v) is 12.6. The fraction of sp³-hybridized carbons (Fsp3) is 0.586. The standard InChI is InChI=1S/C29H37ClF3N9O/c1-17-4-3-5-25(23-10-18(8-9-34-23)21-14-37-40(2)28(21)35-13-17)41-16-36-22(12-27(41)43)20-11-19(30)6-7-24(20)42-15-26(38-39-42)29(31,32)33/h6-7,11-12,15-18,21,23,25,28,34-35,37H,3-5,8-10,13-14H2,1-2H3/t17-,18?,21?,23?,25+,28?/m1/s1. The second kappa shape index (κ2) is 12.3. The lowest BCUT2D eigenvalue weighted by Gasteiger charge is -2.41. The van der Waals surface area contributed by atoms with Gasteiger partial charge >= 0.3 is 6.18 Å². The lowest BCUT2D eigenvalue weighted by molar-refractivity contribution is -0.141. The molecule has 3 aliphatic heterocycles. The van der Waals surface area contributed by atoms with Crippen LogP contribution < -0.4 is 21.6 Å². The molecule has 4 unspecified atom stereocenters. The molecule has 43 heavy (non-hydrogen) atoms. The lowest BCUT2D eigenvalue weighted by atomic mass is 9.78. The Morgan fingerprint density at radius 2 is 1.93 bits per heavy atom. The number of hydrogen-bond acceptors (Lipinski definition) is 8. The van der Waals surface area contributed by atoms with Crippen LogP contribution in [-0.4, -0.2) is 68.4 Å². The third kappa shape index (κ3) is 6.37. The topological polar surface area (TPSA) is 105 Å². The molecule has 6 rings (SSSR count). The number of hydrazine groups is 1. The molecule has 1 aromatic carbocycles. The van der Waals surface area contributed by atoms with Gasteiger partial charge in [0.2, 0.25) is 0 Å². The molecule has 3 aliphatic rings. The van der Waals surface area contributed by atoms with Crippen molar-refractivity contribution in [3.8, 4) is 16.9 Å². The Labute approximate surface area is 253 Å². The van der Waals surface area contributed by atoms with Crippen LogP contribution in [0.1, 0.15) is 50.8 Å². The van der Waals surface area contributed by atoms with Crippen molar-refractivity contribution >= 4 is 11.6 Å². The monoisotopic (exact) mass is 619 g/mol. The molecule has 0 aliphatic carbocycles. The van der Waals surface area contributed by atoms with Crippen LogP contribution in [0, 0.1) is 17.8 Å². The zero-order valence-electron chi connectivity index (χ0n) is 24.2. The van der Waals surface area contributed by atoms with Gasteiger partial charge in [-0.1, -0.05) is 30.2 Å². The maximum absolute atomic E-state index is 13.8. The van der Waals surface area contributed by atoms with Gasteiger partial charge in [-0.25, -0.2) is 14.7 Å². The first kappa shape index (κ1) is 30.2. The summed E-state index contributed by atoms with van der Waals surface area (Å²) >= 11 is 6.27. The van der Waals surface area contributed by atoms with E-state index in [-0.39, 0.29) is 29.5 Å². The fourth-order valence-corrected chi connectivity index (χ4v) is 7.16. The highest BCUT2D eigenvalue weighted by Gasteiger charge is 2.41. The first-order valence-electron chi connectivity index (χ1n) is 14.9. The van der Waals surface area contributed by atoms with E-state index in [1.54, 1.807) is 23.0 Å². The van der Waals surface area contributed by atoms with Crippen LogP contribution in [-0.2, 0) is 6.18 Å². The van der Waals surface area contributed by atoms with Crippen molar-refractivity contribution in [3.63, 3.8) is 0 Å². The molecule has 0 radical (unpaired) electrons. The quantitative estimate of drug-likeness (QED) is 0.406. The SMILES string of the molecule is C[C@@H]1CCC[C@H](n2cnc(-c3cc(Cl)ccc3-n3cc(C(F)(F)F)nn3)cc2=O)C2CC(CCN2)C2CNN(C)C2NC1. The summed E-state index contributed by atoms with van der Waals surface area (Å²) in [6.45, 7) is 5.03. The second-order valence-electron chi connectivity index (χ2n) is 12.2. The number of hydrogen-bond donors (Lipinski definition) is 3. The molecule has 0 spiro atoms. The van der Waals surface area contributed by atoms with E-state index in [0.29, 0.717) is 34.0 Å². The summed E-state index contributed by atoms with van der Waals surface area (Å²) in [4.78, 5) is 18.4. The van der Waals surface area contributed by atoms with Crippen LogP contribution >= 0.6 is 11.6 Å². The van der Waals surface area contributed by atoms with Gasteiger partial charge in [0.15, 0.2) is 5.69 Å². The average Bonchev–Trinajstić information content (AvgIpc) is 3.61. The Kier molecular flexibility index (Phi) is 8.62. The summed E-state index contributed by atoms with van der Waals surface area (Å²) in [6.07, 6.45) is 2.91. The molecule has 0 saturated carbocycles. The maximum Gasteiger partial charge on any atom is 0.436 e. The lowest BCUT2D eigenvalue weighted by Crippen LogP contribution is -2.52. The molecule has 3 fully saturated rings. The third-order valence-electron chi connectivity index (χ3n) is 9.28. The Balaban J connectivity index is 1.32. The molecule has 3 saturated heterocycles. The molecule has 2 aromatic heterocycles. The van der Waals surface area contributed by atoms with Gasteiger partial charge in [0, 0.05) is 42.2 Å². The van der Waals surface area contributed by atoms with Gasteiger partial charge in [0.25, 0.3) is 5.56 Å². The maximum atomic E-state index is 13.8. The fourth-order valence-electron chi connectivity index (χ4n) is 6.99. The first-order chi connectivity index (χ1) is 20.6. The molecule has 10 nitrogen and oxygen atoms in total. The Bertz CT molecular complexity index is 1490. The zero-order chi connectivity index (χ0) is 30.3. The molecule has 232 valence electrons. The molecule has 14 heteroatoms. The van der Waals surface area contributed by atoms with Crippen molar-refractivity contribution in [1.82, 2.24) is 45.6 Å². The highest BCUT2D eigenvalue weighted by molar-refractivity contribution is 6.31. The number of aromatic nitrogens is 5. The number of nitrogens with one attached hydrogen (secondary N) is 3. The highest BCUT2D eigenvalue weighted by Crippen LogP contribution is 2.36. The summed E-state index contributed by atoms with van der Waals surface area (Å²) in [5, 5.41) is 17.0. The van der Waals surface area contributed by atoms with Gasteiger partial charge in [-0.3, -0.25) is 14.8 Å². The third-order valence-corrected chi connectivity index (χ3v) is 9.51. The van der Waals surface area contributed by atoms with Crippen LogP contribution in [0.3, 0.4) is 0 Å². The minimum absolute atomic E-state index is 0.0783. The van der Waals surface area contributed by atoms with Crippen LogP contribution in [0.5, 0.6) is 0 Å². The smallest absolute Gasteiger partial charge is 0.312 e. The molecule has 3 N–H and O–H groups in total. The number of piperidine rings is 1. The highest BCUT2D eigenvalue weighted by atomic mass is 35.5. The first-order valence-corrected chi connectivity index (χ1v) is 15.3. The minimum atomic E-state index is -4.64. The average molecular weight is 620 g/mol. The van der Waals surface area contributed by atoms with Crippen LogP contribution in [0.4, 0.5) is 13.2 Å². The molecule has 6 atom stereocenters. The van der Waals surface area contributed by atoms with Crippen molar-refractivity contribution in [3.05, 3.63) is 57.9 Å². The van der Waals surface area contributed by atoms with Crippen molar-refractivity contribution < 1.29 is 13.2 Å². The number of alkyl halides is 3. The van der Waals surface area contributed by atoms with Gasteiger partial charge in [-0.2, -0.15) is 13.2 Å². The number of fused-ring (bicyclic) bond motifs is 4. The largest absolute Gasteiger partial charge is 0.436 e. The molecule has 5 heterocycles. The van der Waals surface area contributed by atoms with Crippen LogP contribution in [0.15, 0.2) is 41.6 Å². The van der Waals surface area contributed by atoms with E-state index in [1.165, 1.54) is 12.1 Å². The summed E-state index contributed by atoms with van der Waals surface area (Å²) in [5.74, 6) is 1.46. The molecule has 0 amide bonds. The number of rotatable bonds is 3. The summed E-state index contributed by atoms with van der Waals surface area (Å²) in [5.41, 5.74) is 3.15. The molecule has 2 bridgehead atoms. The van der Waals surface area contributed by atoms with Crippen molar-refractivity contribution in [2.75, 3.05) is 26.7 Å². The number of nitrogens with zero attached hydrogens (tertiary/aromatic N) is 6. The van der Waals surface area contributed by atoms with Gasteiger partial charge in [-0.15, -0.1) is 5.10 Å².